The van der Waals surface area contributed by atoms with Gasteiger partial charge in [0.15, 0.2) is 0 Å². The number of hydrogen-bond donors (Lipinski definition) is 1. The lowest BCUT2D eigenvalue weighted by atomic mass is 9.99. The SMILES string of the molecule is CCC(C)c1ccc(NC(=O)OC)cc1.[HH]. The molecule has 15 heavy (non-hydrogen) atoms. The molecule has 0 radical (unpaired) electrons. The molecule has 3 heteroatoms. The summed E-state index contributed by atoms with van der Waals surface area (Å²) in [5, 5.41) is 2.61. The van der Waals surface area contributed by atoms with Gasteiger partial charge in [0, 0.05) is 7.11 Å². The van der Waals surface area contributed by atoms with Crippen molar-refractivity contribution in [3.05, 3.63) is 29.8 Å². The van der Waals surface area contributed by atoms with E-state index in [1.54, 1.807) is 0 Å². The zero-order valence-electron chi connectivity index (χ0n) is 9.41. The Bertz CT molecular complexity index is 324. The van der Waals surface area contributed by atoms with Crippen molar-refractivity contribution in [2.75, 3.05) is 12.4 Å². The fourth-order valence-corrected chi connectivity index (χ4v) is 1.30. The van der Waals surface area contributed by atoms with Crippen LogP contribution in [0.2, 0.25) is 0 Å². The van der Waals surface area contributed by atoms with E-state index < -0.39 is 6.09 Å². The predicted octanol–water partition coefficient (Wildman–Crippen LogP) is 3.62. The highest BCUT2D eigenvalue weighted by molar-refractivity contribution is 5.84. The van der Waals surface area contributed by atoms with Crippen molar-refractivity contribution in [3.8, 4) is 0 Å². The Hall–Kier alpha value is -1.51. The van der Waals surface area contributed by atoms with Crippen LogP contribution in [0, 0.1) is 0 Å². The van der Waals surface area contributed by atoms with Crippen molar-refractivity contribution in [1.29, 1.82) is 0 Å². The summed E-state index contributed by atoms with van der Waals surface area (Å²) in [7, 11) is 1.35. The number of carbonyl (C=O) groups is 1. The fraction of sp³-hybridized carbons (Fsp3) is 0.417. The van der Waals surface area contributed by atoms with Gasteiger partial charge in [0.2, 0.25) is 0 Å². The minimum Gasteiger partial charge on any atom is -0.453 e. The lowest BCUT2D eigenvalue weighted by Gasteiger charge is -2.09. The highest BCUT2D eigenvalue weighted by atomic mass is 16.5. The standard InChI is InChI=1S/C12H17NO2.H2/c1-4-9(2)10-5-7-11(8-6-10)13-12(14)15-3;/h5-9H,4H2,1-3H3,(H,13,14);1H. The van der Waals surface area contributed by atoms with Gasteiger partial charge in [-0.05, 0) is 30.0 Å². The van der Waals surface area contributed by atoms with Crippen LogP contribution in [0.4, 0.5) is 10.5 Å². The number of anilines is 1. The number of ether oxygens (including phenoxy) is 1. The highest BCUT2D eigenvalue weighted by Crippen LogP contribution is 2.20. The van der Waals surface area contributed by atoms with Gasteiger partial charge in [0.25, 0.3) is 0 Å². The van der Waals surface area contributed by atoms with Crippen LogP contribution < -0.4 is 5.32 Å². The van der Waals surface area contributed by atoms with Crippen LogP contribution in [-0.4, -0.2) is 13.2 Å². The number of nitrogens with one attached hydrogen (secondary N) is 1. The topological polar surface area (TPSA) is 38.3 Å². The summed E-state index contributed by atoms with van der Waals surface area (Å²) in [6.45, 7) is 4.34. The highest BCUT2D eigenvalue weighted by Gasteiger charge is 2.03. The van der Waals surface area contributed by atoms with Gasteiger partial charge in [-0.1, -0.05) is 26.0 Å². The van der Waals surface area contributed by atoms with Crippen molar-refractivity contribution in [2.45, 2.75) is 26.2 Å². The van der Waals surface area contributed by atoms with E-state index in [4.69, 9.17) is 0 Å². The molecule has 0 spiro atoms. The van der Waals surface area contributed by atoms with Gasteiger partial charge in [-0.15, -0.1) is 0 Å². The van der Waals surface area contributed by atoms with Gasteiger partial charge >= 0.3 is 6.09 Å². The molecule has 0 aromatic heterocycles. The van der Waals surface area contributed by atoms with Gasteiger partial charge in [-0.3, -0.25) is 5.32 Å². The summed E-state index contributed by atoms with van der Waals surface area (Å²) in [5.41, 5.74) is 2.04. The van der Waals surface area contributed by atoms with Crippen molar-refractivity contribution in [2.24, 2.45) is 0 Å². The molecule has 3 nitrogen and oxygen atoms in total. The Morgan fingerprint density at radius 2 is 2.07 bits per heavy atom. The van der Waals surface area contributed by atoms with Crippen LogP contribution in [0.25, 0.3) is 0 Å². The second-order valence-corrected chi connectivity index (χ2v) is 3.55. The third-order valence-corrected chi connectivity index (χ3v) is 2.52. The number of carbonyl (C=O) groups excluding carboxylic acids is 1. The zero-order chi connectivity index (χ0) is 11.3. The Morgan fingerprint density at radius 1 is 1.47 bits per heavy atom. The molecular formula is C12H19NO2. The molecule has 0 aliphatic heterocycles. The number of methoxy groups -OCH3 is 1. The summed E-state index contributed by atoms with van der Waals surface area (Å²) < 4.78 is 4.50. The fourth-order valence-electron chi connectivity index (χ4n) is 1.30. The molecule has 1 rings (SSSR count). The van der Waals surface area contributed by atoms with E-state index in [0.29, 0.717) is 5.92 Å². The maximum atomic E-state index is 10.9. The predicted molar refractivity (Wildman–Crippen MR) is 63.3 cm³/mol. The van der Waals surface area contributed by atoms with Crippen LogP contribution >= 0.6 is 0 Å². The van der Waals surface area contributed by atoms with E-state index in [2.05, 4.69) is 23.9 Å². The van der Waals surface area contributed by atoms with E-state index >= 15 is 0 Å². The van der Waals surface area contributed by atoms with Crippen LogP contribution in [0.1, 0.15) is 33.2 Å². The molecule has 0 heterocycles. The molecule has 0 saturated heterocycles. The first-order chi connectivity index (χ1) is 7.17. The smallest absolute Gasteiger partial charge is 0.411 e. The molecule has 0 saturated carbocycles. The summed E-state index contributed by atoms with van der Waals surface area (Å²) in [5.74, 6) is 0.553. The summed E-state index contributed by atoms with van der Waals surface area (Å²) in [6.07, 6.45) is 0.676. The maximum Gasteiger partial charge on any atom is 0.411 e. The summed E-state index contributed by atoms with van der Waals surface area (Å²) in [4.78, 5) is 10.9. The molecule has 0 aliphatic carbocycles. The number of benzene rings is 1. The van der Waals surface area contributed by atoms with Crippen LogP contribution in [-0.2, 0) is 4.74 Å². The Kier molecular flexibility index (Phi) is 4.16. The monoisotopic (exact) mass is 209 g/mol. The lowest BCUT2D eigenvalue weighted by Crippen LogP contribution is -2.10. The number of amides is 1. The normalized spacial score (nSPS) is 11.9. The molecule has 0 bridgehead atoms. The number of hydrogen-bond acceptors (Lipinski definition) is 2. The quantitative estimate of drug-likeness (QED) is 0.825. The molecule has 0 aliphatic rings. The van der Waals surface area contributed by atoms with Crippen LogP contribution in [0.3, 0.4) is 0 Å². The third kappa shape index (κ3) is 3.27. The molecule has 1 aromatic rings. The van der Waals surface area contributed by atoms with Crippen molar-refractivity contribution in [3.63, 3.8) is 0 Å². The largest absolute Gasteiger partial charge is 0.453 e. The molecular weight excluding hydrogens is 190 g/mol. The van der Waals surface area contributed by atoms with Crippen LogP contribution in [0.15, 0.2) is 24.3 Å². The molecule has 84 valence electrons. The van der Waals surface area contributed by atoms with Gasteiger partial charge in [0.1, 0.15) is 0 Å². The zero-order valence-corrected chi connectivity index (χ0v) is 9.41. The van der Waals surface area contributed by atoms with E-state index in [0.717, 1.165) is 12.1 Å². The first-order valence-corrected chi connectivity index (χ1v) is 5.12. The lowest BCUT2D eigenvalue weighted by molar-refractivity contribution is 0.187. The maximum absolute atomic E-state index is 10.9. The average Bonchev–Trinajstić information content (AvgIpc) is 2.29. The van der Waals surface area contributed by atoms with Crippen molar-refractivity contribution >= 4 is 11.8 Å². The summed E-state index contributed by atoms with van der Waals surface area (Å²) >= 11 is 0. The van der Waals surface area contributed by atoms with Crippen molar-refractivity contribution in [1.82, 2.24) is 0 Å². The minimum atomic E-state index is -0.439. The van der Waals surface area contributed by atoms with Gasteiger partial charge in [-0.2, -0.15) is 0 Å². The van der Waals surface area contributed by atoms with E-state index in [1.165, 1.54) is 12.7 Å². The van der Waals surface area contributed by atoms with E-state index in [1.807, 2.05) is 24.3 Å². The first kappa shape index (κ1) is 11.6. The van der Waals surface area contributed by atoms with Crippen LogP contribution in [0.5, 0.6) is 0 Å². The summed E-state index contributed by atoms with van der Waals surface area (Å²) in [6, 6.07) is 7.83. The minimum absolute atomic E-state index is 0. The molecule has 1 atom stereocenters. The first-order valence-electron chi connectivity index (χ1n) is 5.12. The Labute approximate surface area is 91.9 Å². The molecule has 1 unspecified atom stereocenters. The molecule has 0 fully saturated rings. The molecule has 1 aromatic carbocycles. The molecule has 1 N–H and O–H groups in total. The second kappa shape index (κ2) is 5.39. The van der Waals surface area contributed by atoms with Crippen molar-refractivity contribution < 1.29 is 11.0 Å². The van der Waals surface area contributed by atoms with Gasteiger partial charge in [-0.25, -0.2) is 4.79 Å². The Balaban J connectivity index is 0.00000225. The second-order valence-electron chi connectivity index (χ2n) is 3.55. The van der Waals surface area contributed by atoms with Gasteiger partial charge in [0.05, 0.1) is 7.11 Å². The van der Waals surface area contributed by atoms with E-state index in [9.17, 15) is 4.79 Å². The molecule has 1 amide bonds. The average molecular weight is 209 g/mol. The number of rotatable bonds is 3. The van der Waals surface area contributed by atoms with Gasteiger partial charge < -0.3 is 4.74 Å². The third-order valence-electron chi connectivity index (χ3n) is 2.52. The van der Waals surface area contributed by atoms with E-state index in [-0.39, 0.29) is 1.43 Å². The Morgan fingerprint density at radius 3 is 2.53 bits per heavy atom.